The van der Waals surface area contributed by atoms with E-state index in [-0.39, 0.29) is 23.7 Å². The van der Waals surface area contributed by atoms with Crippen molar-refractivity contribution in [1.29, 1.82) is 5.26 Å². The SMILES string of the molecule is CCOc1cc(C=C(C#N)C(=O)Nc2cccc(C(F)(F)F)c2)cc(Br)c1OCc1ccc(F)cc1. The predicted molar refractivity (Wildman–Crippen MR) is 130 cm³/mol. The van der Waals surface area contributed by atoms with Crippen molar-refractivity contribution in [2.45, 2.75) is 19.7 Å². The van der Waals surface area contributed by atoms with Crippen LogP contribution in [0.25, 0.3) is 6.08 Å². The topological polar surface area (TPSA) is 71.3 Å². The lowest BCUT2D eigenvalue weighted by Gasteiger charge is -2.15. The van der Waals surface area contributed by atoms with E-state index in [9.17, 15) is 27.6 Å². The molecule has 0 spiro atoms. The van der Waals surface area contributed by atoms with Gasteiger partial charge in [0.1, 0.15) is 24.1 Å². The summed E-state index contributed by atoms with van der Waals surface area (Å²) in [5.74, 6) is -0.542. The van der Waals surface area contributed by atoms with Crippen molar-refractivity contribution in [2.75, 3.05) is 11.9 Å². The number of rotatable bonds is 8. The van der Waals surface area contributed by atoms with E-state index < -0.39 is 17.6 Å². The van der Waals surface area contributed by atoms with E-state index in [1.807, 2.05) is 0 Å². The van der Waals surface area contributed by atoms with Crippen molar-refractivity contribution in [3.8, 4) is 17.6 Å². The maximum absolute atomic E-state index is 13.1. The second kappa shape index (κ2) is 11.7. The standard InChI is InChI=1S/C26H19BrF4N2O3/c1-2-35-23-12-17(11-22(27)24(23)36-15-16-6-8-20(28)9-7-16)10-18(14-32)25(34)33-21-5-3-4-19(13-21)26(29,30)31/h3-13H,2,15H2,1H3,(H,33,34). The van der Waals surface area contributed by atoms with Crippen molar-refractivity contribution < 1.29 is 31.8 Å². The summed E-state index contributed by atoms with van der Waals surface area (Å²) in [5.41, 5.74) is -0.217. The Hall–Kier alpha value is -3.84. The number of carbonyl (C=O) groups is 1. The lowest BCUT2D eigenvalue weighted by molar-refractivity contribution is -0.137. The van der Waals surface area contributed by atoms with E-state index in [1.54, 1.807) is 37.3 Å². The van der Waals surface area contributed by atoms with E-state index in [0.717, 1.165) is 23.8 Å². The number of benzene rings is 3. The fourth-order valence-electron chi connectivity index (χ4n) is 3.10. The van der Waals surface area contributed by atoms with E-state index in [4.69, 9.17) is 9.47 Å². The molecule has 3 rings (SSSR count). The van der Waals surface area contributed by atoms with Crippen LogP contribution in [0, 0.1) is 17.1 Å². The van der Waals surface area contributed by atoms with Crippen molar-refractivity contribution in [3.05, 3.63) is 93.2 Å². The summed E-state index contributed by atoms with van der Waals surface area (Å²) in [4.78, 5) is 12.6. The molecule has 5 nitrogen and oxygen atoms in total. The van der Waals surface area contributed by atoms with Crippen LogP contribution in [0.1, 0.15) is 23.6 Å². The van der Waals surface area contributed by atoms with Crippen LogP contribution in [0.3, 0.4) is 0 Å². The number of anilines is 1. The third-order valence-electron chi connectivity index (χ3n) is 4.75. The predicted octanol–water partition coefficient (Wildman–Crippen LogP) is 7.13. The molecule has 3 aromatic rings. The Balaban J connectivity index is 1.84. The normalized spacial score (nSPS) is 11.5. The summed E-state index contributed by atoms with van der Waals surface area (Å²) in [6.45, 7) is 2.20. The second-order valence-corrected chi connectivity index (χ2v) is 8.23. The largest absolute Gasteiger partial charge is 0.490 e. The number of alkyl halides is 3. The van der Waals surface area contributed by atoms with Gasteiger partial charge in [0.25, 0.3) is 5.91 Å². The summed E-state index contributed by atoms with van der Waals surface area (Å²) in [5, 5.41) is 11.8. The number of hydrogen-bond acceptors (Lipinski definition) is 4. The minimum absolute atomic E-state index is 0.100. The van der Waals surface area contributed by atoms with Gasteiger partial charge >= 0.3 is 6.18 Å². The number of nitriles is 1. The molecular weight excluding hydrogens is 544 g/mol. The number of halogens is 5. The summed E-state index contributed by atoms with van der Waals surface area (Å²) in [7, 11) is 0. The molecule has 0 atom stereocenters. The average Bonchev–Trinajstić information content (AvgIpc) is 2.83. The molecule has 186 valence electrons. The van der Waals surface area contributed by atoms with Gasteiger partial charge in [0, 0.05) is 5.69 Å². The van der Waals surface area contributed by atoms with Gasteiger partial charge in [-0.05, 0) is 82.5 Å². The molecule has 0 aromatic heterocycles. The number of nitrogens with zero attached hydrogens (tertiary/aromatic N) is 1. The molecule has 0 aliphatic carbocycles. The third kappa shape index (κ3) is 7.09. The summed E-state index contributed by atoms with van der Waals surface area (Å²) in [6, 6.07) is 14.8. The zero-order valence-electron chi connectivity index (χ0n) is 18.8. The van der Waals surface area contributed by atoms with Gasteiger partial charge in [-0.3, -0.25) is 4.79 Å². The van der Waals surface area contributed by atoms with Gasteiger partial charge in [-0.25, -0.2) is 4.39 Å². The quantitative estimate of drug-likeness (QED) is 0.180. The molecule has 10 heteroatoms. The Morgan fingerprint density at radius 2 is 1.83 bits per heavy atom. The minimum Gasteiger partial charge on any atom is -0.490 e. The first-order valence-electron chi connectivity index (χ1n) is 10.5. The number of nitrogens with one attached hydrogen (secondary N) is 1. The van der Waals surface area contributed by atoms with Gasteiger partial charge in [0.2, 0.25) is 0 Å². The average molecular weight is 563 g/mol. The number of carbonyl (C=O) groups excluding carboxylic acids is 1. The molecule has 0 aliphatic heterocycles. The first-order valence-corrected chi connectivity index (χ1v) is 11.3. The Kier molecular flexibility index (Phi) is 8.72. The zero-order valence-corrected chi connectivity index (χ0v) is 20.4. The van der Waals surface area contributed by atoms with Crippen LogP contribution in [0.2, 0.25) is 0 Å². The van der Waals surface area contributed by atoms with E-state index in [1.165, 1.54) is 24.3 Å². The van der Waals surface area contributed by atoms with E-state index >= 15 is 0 Å². The highest BCUT2D eigenvalue weighted by Crippen LogP contribution is 2.38. The molecule has 0 radical (unpaired) electrons. The van der Waals surface area contributed by atoms with Gasteiger partial charge < -0.3 is 14.8 Å². The zero-order chi connectivity index (χ0) is 26.3. The molecule has 0 saturated carbocycles. The molecule has 1 amide bonds. The third-order valence-corrected chi connectivity index (χ3v) is 5.34. The van der Waals surface area contributed by atoms with Crippen molar-refractivity contribution in [3.63, 3.8) is 0 Å². The van der Waals surface area contributed by atoms with Crippen LogP contribution in [0.15, 0.2) is 70.7 Å². The Bertz CT molecular complexity index is 1320. The van der Waals surface area contributed by atoms with Gasteiger partial charge in [-0.2, -0.15) is 18.4 Å². The molecule has 0 bridgehead atoms. The molecule has 0 unspecified atom stereocenters. The number of ether oxygens (including phenoxy) is 2. The van der Waals surface area contributed by atoms with Crippen LogP contribution in [-0.4, -0.2) is 12.5 Å². The molecule has 0 saturated heterocycles. The minimum atomic E-state index is -4.57. The van der Waals surface area contributed by atoms with Gasteiger partial charge in [0.15, 0.2) is 11.5 Å². The fraction of sp³-hybridized carbons (Fsp3) is 0.154. The lowest BCUT2D eigenvalue weighted by atomic mass is 10.1. The monoisotopic (exact) mass is 562 g/mol. The molecule has 0 aliphatic rings. The number of amides is 1. The van der Waals surface area contributed by atoms with Crippen LogP contribution in [0.4, 0.5) is 23.2 Å². The van der Waals surface area contributed by atoms with Crippen LogP contribution >= 0.6 is 15.9 Å². The van der Waals surface area contributed by atoms with Crippen molar-refractivity contribution in [2.24, 2.45) is 0 Å². The highest BCUT2D eigenvalue weighted by Gasteiger charge is 2.30. The highest BCUT2D eigenvalue weighted by atomic mass is 79.9. The van der Waals surface area contributed by atoms with E-state index in [2.05, 4.69) is 21.2 Å². The van der Waals surface area contributed by atoms with Gasteiger partial charge in [-0.15, -0.1) is 0 Å². The summed E-state index contributed by atoms with van der Waals surface area (Å²) in [6.07, 6.45) is -3.29. The summed E-state index contributed by atoms with van der Waals surface area (Å²) >= 11 is 3.40. The first kappa shape index (κ1) is 26.8. The van der Waals surface area contributed by atoms with Gasteiger partial charge in [-0.1, -0.05) is 18.2 Å². The first-order chi connectivity index (χ1) is 17.1. The molecule has 0 heterocycles. The number of hydrogen-bond donors (Lipinski definition) is 1. The highest BCUT2D eigenvalue weighted by molar-refractivity contribution is 9.10. The molecule has 3 aromatic carbocycles. The van der Waals surface area contributed by atoms with Crippen molar-refractivity contribution in [1.82, 2.24) is 0 Å². The maximum Gasteiger partial charge on any atom is 0.416 e. The Morgan fingerprint density at radius 3 is 2.47 bits per heavy atom. The molecular formula is C26H19BrF4N2O3. The fourth-order valence-corrected chi connectivity index (χ4v) is 3.67. The molecule has 1 N–H and O–H groups in total. The lowest BCUT2D eigenvalue weighted by Crippen LogP contribution is -2.14. The van der Waals surface area contributed by atoms with Crippen LogP contribution in [0.5, 0.6) is 11.5 Å². The van der Waals surface area contributed by atoms with Crippen LogP contribution in [-0.2, 0) is 17.6 Å². The second-order valence-electron chi connectivity index (χ2n) is 7.38. The smallest absolute Gasteiger partial charge is 0.416 e. The Morgan fingerprint density at radius 1 is 1.11 bits per heavy atom. The summed E-state index contributed by atoms with van der Waals surface area (Å²) < 4.78 is 63.9. The van der Waals surface area contributed by atoms with E-state index in [0.29, 0.717) is 28.1 Å². The molecule has 0 fully saturated rings. The maximum atomic E-state index is 13.1. The van der Waals surface area contributed by atoms with Crippen molar-refractivity contribution >= 4 is 33.6 Å². The van der Waals surface area contributed by atoms with Crippen LogP contribution < -0.4 is 14.8 Å². The Labute approximate surface area is 213 Å². The van der Waals surface area contributed by atoms with Gasteiger partial charge in [0.05, 0.1) is 16.6 Å². The molecule has 36 heavy (non-hydrogen) atoms.